The van der Waals surface area contributed by atoms with Crippen LogP contribution < -0.4 is 14.4 Å². The molecule has 2 aliphatic heterocycles. The standard InChI is InChI=1S/C43H39NO3/c1-45-33-18-14-30(15-19-33)43(29-12-16-32(17-13-29)44-22-24-46-25-23-44)21-20-37-40-39(34-6-2-3-7-35(34)41(37)47-43)36-8-4-5-9-38(36)42(40)27-28-10-11-31(42)26-28/h2-9,12-21,28,31H,10-11,22-27H2,1H3. The van der Waals surface area contributed by atoms with Crippen molar-refractivity contribution in [2.45, 2.75) is 36.7 Å². The Bertz CT molecular complexity index is 2060. The summed E-state index contributed by atoms with van der Waals surface area (Å²) in [5.41, 5.74) is 9.87. The highest BCUT2D eigenvalue weighted by atomic mass is 16.5. The summed E-state index contributed by atoms with van der Waals surface area (Å²) in [5.74, 6) is 3.32. The summed E-state index contributed by atoms with van der Waals surface area (Å²) in [7, 11) is 1.72. The number of morpholine rings is 1. The topological polar surface area (TPSA) is 30.9 Å². The molecule has 5 aromatic rings. The summed E-state index contributed by atoms with van der Waals surface area (Å²) in [6, 6.07) is 35.7. The zero-order valence-corrected chi connectivity index (χ0v) is 26.9. The van der Waals surface area contributed by atoms with Crippen LogP contribution in [0.2, 0.25) is 0 Å². The van der Waals surface area contributed by atoms with Crippen LogP contribution in [0, 0.1) is 11.8 Å². The van der Waals surface area contributed by atoms with Crippen LogP contribution in [0.5, 0.6) is 11.5 Å². The number of fused-ring (bicyclic) bond motifs is 13. The van der Waals surface area contributed by atoms with Crippen LogP contribution in [-0.2, 0) is 15.8 Å². The smallest absolute Gasteiger partial charge is 0.178 e. The van der Waals surface area contributed by atoms with Crippen molar-refractivity contribution < 1.29 is 14.2 Å². The minimum atomic E-state index is -0.798. The van der Waals surface area contributed by atoms with E-state index in [1.165, 1.54) is 64.4 Å². The van der Waals surface area contributed by atoms with Gasteiger partial charge in [-0.1, -0.05) is 85.3 Å². The summed E-state index contributed by atoms with van der Waals surface area (Å²) >= 11 is 0. The largest absolute Gasteiger partial charge is 0.497 e. The molecule has 4 heteroatoms. The molecule has 10 rings (SSSR count). The van der Waals surface area contributed by atoms with Crippen LogP contribution >= 0.6 is 0 Å². The lowest BCUT2D eigenvalue weighted by atomic mass is 9.65. The van der Waals surface area contributed by atoms with E-state index >= 15 is 0 Å². The Hall–Kier alpha value is -4.54. The first kappa shape index (κ1) is 27.6. The van der Waals surface area contributed by atoms with E-state index in [9.17, 15) is 0 Å². The molecular weight excluding hydrogens is 578 g/mol. The molecule has 5 aliphatic rings. The average molecular weight is 618 g/mol. The van der Waals surface area contributed by atoms with Crippen molar-refractivity contribution in [3.8, 4) is 22.6 Å². The van der Waals surface area contributed by atoms with E-state index in [0.29, 0.717) is 5.92 Å². The summed E-state index contributed by atoms with van der Waals surface area (Å²) in [6.45, 7) is 3.36. The number of anilines is 1. The quantitative estimate of drug-likeness (QED) is 0.201. The number of benzene rings is 5. The van der Waals surface area contributed by atoms with Gasteiger partial charge in [-0.2, -0.15) is 0 Å². The Morgan fingerprint density at radius 1 is 0.787 bits per heavy atom. The van der Waals surface area contributed by atoms with E-state index < -0.39 is 5.60 Å². The van der Waals surface area contributed by atoms with E-state index in [-0.39, 0.29) is 5.41 Å². The third-order valence-electron chi connectivity index (χ3n) is 12.1. The van der Waals surface area contributed by atoms with Crippen molar-refractivity contribution in [2.75, 3.05) is 38.3 Å². The summed E-state index contributed by atoms with van der Waals surface area (Å²) in [5, 5.41) is 2.48. The molecule has 0 N–H and O–H groups in total. The molecule has 1 spiro atoms. The van der Waals surface area contributed by atoms with Crippen molar-refractivity contribution in [2.24, 2.45) is 11.8 Å². The second-order valence-electron chi connectivity index (χ2n) is 14.2. The van der Waals surface area contributed by atoms with Gasteiger partial charge in [0.25, 0.3) is 0 Å². The van der Waals surface area contributed by atoms with Gasteiger partial charge in [-0.25, -0.2) is 0 Å². The van der Waals surface area contributed by atoms with Crippen molar-refractivity contribution in [3.05, 3.63) is 131 Å². The molecule has 47 heavy (non-hydrogen) atoms. The van der Waals surface area contributed by atoms with Gasteiger partial charge in [0.2, 0.25) is 0 Å². The number of hydrogen-bond acceptors (Lipinski definition) is 4. The monoisotopic (exact) mass is 617 g/mol. The van der Waals surface area contributed by atoms with Crippen molar-refractivity contribution in [3.63, 3.8) is 0 Å². The first-order chi connectivity index (χ1) is 23.2. The van der Waals surface area contributed by atoms with Gasteiger partial charge < -0.3 is 19.1 Å². The SMILES string of the molecule is COc1ccc(C2(c3ccc(N4CCOCC4)cc3)C=Cc3c4c(c5ccccc5c3O2)-c2ccccc2C42CC3CCC2C3)cc1. The van der Waals surface area contributed by atoms with E-state index in [2.05, 4.69) is 102 Å². The maximum atomic E-state index is 7.61. The Labute approximate surface area is 276 Å². The fraction of sp³-hybridized carbons (Fsp3) is 0.302. The molecular formula is C43H39NO3. The number of rotatable bonds is 4. The molecule has 3 fully saturated rings. The van der Waals surface area contributed by atoms with Crippen LogP contribution in [-0.4, -0.2) is 33.4 Å². The predicted octanol–water partition coefficient (Wildman–Crippen LogP) is 9.12. The molecule has 5 aromatic carbocycles. The molecule has 1 saturated heterocycles. The van der Waals surface area contributed by atoms with E-state index in [1.54, 1.807) is 12.7 Å². The van der Waals surface area contributed by atoms with Crippen LogP contribution in [0.15, 0.2) is 103 Å². The van der Waals surface area contributed by atoms with E-state index in [4.69, 9.17) is 14.2 Å². The maximum Gasteiger partial charge on any atom is 0.178 e. The van der Waals surface area contributed by atoms with Crippen molar-refractivity contribution in [1.29, 1.82) is 0 Å². The first-order valence-corrected chi connectivity index (χ1v) is 17.3. The molecule has 0 aromatic heterocycles. The minimum absolute atomic E-state index is 0.0522. The molecule has 2 saturated carbocycles. The molecule has 234 valence electrons. The number of ether oxygens (including phenoxy) is 3. The highest BCUT2D eigenvalue weighted by molar-refractivity contribution is 6.08. The predicted molar refractivity (Wildman–Crippen MR) is 189 cm³/mol. The van der Waals surface area contributed by atoms with E-state index in [1.807, 2.05) is 12.1 Å². The van der Waals surface area contributed by atoms with Crippen molar-refractivity contribution >= 4 is 22.5 Å². The Morgan fingerprint density at radius 3 is 2.23 bits per heavy atom. The van der Waals surface area contributed by atoms with Crippen LogP contribution in [0.1, 0.15) is 53.5 Å². The van der Waals surface area contributed by atoms with Gasteiger partial charge in [0.15, 0.2) is 5.60 Å². The number of nitrogens with zero attached hydrogens (tertiary/aromatic N) is 1. The highest BCUT2D eigenvalue weighted by Gasteiger charge is 2.58. The average Bonchev–Trinajstić information content (AvgIpc) is 3.85. The molecule has 0 amide bonds. The molecule has 2 heterocycles. The van der Waals surface area contributed by atoms with Crippen LogP contribution in [0.3, 0.4) is 0 Å². The first-order valence-electron chi connectivity index (χ1n) is 17.3. The Kier molecular flexibility index (Phi) is 6.00. The maximum absolute atomic E-state index is 7.61. The van der Waals surface area contributed by atoms with Crippen molar-refractivity contribution in [1.82, 2.24) is 0 Å². The van der Waals surface area contributed by atoms with Gasteiger partial charge in [-0.05, 0) is 89.1 Å². The molecule has 4 atom stereocenters. The van der Waals surface area contributed by atoms with Gasteiger partial charge >= 0.3 is 0 Å². The fourth-order valence-electron chi connectivity index (χ4n) is 10.1. The minimum Gasteiger partial charge on any atom is -0.497 e. The zero-order valence-electron chi connectivity index (χ0n) is 26.9. The third kappa shape index (κ3) is 3.79. The number of hydrogen-bond donors (Lipinski definition) is 0. The van der Waals surface area contributed by atoms with Gasteiger partial charge in [0.1, 0.15) is 11.5 Å². The second kappa shape index (κ2) is 10.2. The molecule has 2 bridgehead atoms. The fourth-order valence-corrected chi connectivity index (χ4v) is 10.1. The molecule has 4 unspecified atom stereocenters. The normalized spacial score (nSPS) is 26.7. The lowest BCUT2D eigenvalue weighted by molar-refractivity contribution is 0.122. The molecule has 3 aliphatic carbocycles. The van der Waals surface area contributed by atoms with E-state index in [0.717, 1.165) is 54.8 Å². The molecule has 4 nitrogen and oxygen atoms in total. The zero-order chi connectivity index (χ0) is 31.2. The Balaban J connectivity index is 1.20. The van der Waals surface area contributed by atoms with Gasteiger partial charge in [0.05, 0.1) is 20.3 Å². The summed E-state index contributed by atoms with van der Waals surface area (Å²) < 4.78 is 18.8. The van der Waals surface area contributed by atoms with Gasteiger partial charge in [0, 0.05) is 46.3 Å². The second-order valence-corrected chi connectivity index (χ2v) is 14.2. The Morgan fingerprint density at radius 2 is 1.51 bits per heavy atom. The third-order valence-corrected chi connectivity index (χ3v) is 12.1. The molecule has 0 radical (unpaired) electrons. The summed E-state index contributed by atoms with van der Waals surface area (Å²) in [6.07, 6.45) is 10.0. The van der Waals surface area contributed by atoms with Crippen LogP contribution in [0.4, 0.5) is 5.69 Å². The summed E-state index contributed by atoms with van der Waals surface area (Å²) in [4.78, 5) is 2.41. The lowest BCUT2D eigenvalue weighted by Crippen LogP contribution is -2.37. The highest BCUT2D eigenvalue weighted by Crippen LogP contribution is 2.68. The van der Waals surface area contributed by atoms with Gasteiger partial charge in [-0.3, -0.25) is 0 Å². The number of methoxy groups -OCH3 is 1. The van der Waals surface area contributed by atoms with Crippen LogP contribution in [0.25, 0.3) is 28.0 Å². The lowest BCUT2D eigenvalue weighted by Gasteiger charge is -2.41. The van der Waals surface area contributed by atoms with Gasteiger partial charge in [-0.15, -0.1) is 0 Å².